The lowest BCUT2D eigenvalue weighted by atomic mass is 10.00. The van der Waals surface area contributed by atoms with Gasteiger partial charge < -0.3 is 24.4 Å². The van der Waals surface area contributed by atoms with Gasteiger partial charge in [-0.1, -0.05) is 18.2 Å². The molecule has 0 spiro atoms. The molecule has 0 aliphatic carbocycles. The van der Waals surface area contributed by atoms with Crippen LogP contribution in [0.2, 0.25) is 0 Å². The Bertz CT molecular complexity index is 1020. The summed E-state index contributed by atoms with van der Waals surface area (Å²) in [7, 11) is 1.64. The Morgan fingerprint density at radius 3 is 2.28 bits per heavy atom. The fraction of sp³-hybridized carbons (Fsp3) is 0.500. The SMILES string of the molecule is Cn1c(C(=O)O)c([C@H](C(=O)O)N2CCN(CC(=O)N3CCOCC3)CC2)c2ccccc21. The number of para-hydroxylation sites is 1. The van der Waals surface area contributed by atoms with Crippen molar-refractivity contribution in [3.8, 4) is 0 Å². The number of morpholine rings is 1. The highest BCUT2D eigenvalue weighted by molar-refractivity contribution is 6.01. The van der Waals surface area contributed by atoms with E-state index in [0.717, 1.165) is 0 Å². The molecule has 2 aliphatic rings. The van der Waals surface area contributed by atoms with E-state index in [-0.39, 0.29) is 11.6 Å². The third-order valence-electron chi connectivity index (χ3n) is 6.35. The topological polar surface area (TPSA) is 116 Å². The Morgan fingerprint density at radius 1 is 1.00 bits per heavy atom. The number of ether oxygens (including phenoxy) is 1. The molecule has 1 atom stereocenters. The van der Waals surface area contributed by atoms with Crippen molar-refractivity contribution in [2.75, 3.05) is 59.0 Å². The predicted octanol–water partition coefficient (Wildman–Crippen LogP) is 0.479. The molecule has 0 radical (unpaired) electrons. The molecule has 0 saturated carbocycles. The number of aliphatic carboxylic acids is 1. The number of aromatic nitrogens is 1. The van der Waals surface area contributed by atoms with Gasteiger partial charge in [-0.2, -0.15) is 0 Å². The minimum absolute atomic E-state index is 0.0106. The highest BCUT2D eigenvalue weighted by Crippen LogP contribution is 2.34. The third-order valence-corrected chi connectivity index (χ3v) is 6.35. The summed E-state index contributed by atoms with van der Waals surface area (Å²) in [5.74, 6) is -2.18. The van der Waals surface area contributed by atoms with Crippen molar-refractivity contribution in [1.82, 2.24) is 19.3 Å². The number of aryl methyl sites for hydroxylation is 1. The van der Waals surface area contributed by atoms with Crippen molar-refractivity contribution in [2.24, 2.45) is 7.05 Å². The maximum absolute atomic E-state index is 12.5. The van der Waals surface area contributed by atoms with Crippen LogP contribution in [0.25, 0.3) is 10.9 Å². The molecule has 2 N–H and O–H groups in total. The van der Waals surface area contributed by atoms with Gasteiger partial charge in [-0.05, 0) is 6.07 Å². The largest absolute Gasteiger partial charge is 0.480 e. The second-order valence-electron chi connectivity index (χ2n) is 8.19. The Kier molecular flexibility index (Phi) is 6.45. The van der Waals surface area contributed by atoms with E-state index in [1.165, 1.54) is 0 Å². The second kappa shape index (κ2) is 9.27. The Hall–Kier alpha value is -2.95. The summed E-state index contributed by atoms with van der Waals surface area (Å²) >= 11 is 0. The first-order chi connectivity index (χ1) is 15.4. The van der Waals surface area contributed by atoms with Crippen LogP contribution in [0.5, 0.6) is 0 Å². The summed E-state index contributed by atoms with van der Waals surface area (Å²) in [6, 6.07) is 6.07. The molecule has 2 aromatic rings. The van der Waals surface area contributed by atoms with E-state index in [9.17, 15) is 24.6 Å². The van der Waals surface area contributed by atoms with Crippen molar-refractivity contribution >= 4 is 28.7 Å². The zero-order chi connectivity index (χ0) is 22.8. The van der Waals surface area contributed by atoms with Crippen molar-refractivity contribution in [1.29, 1.82) is 0 Å². The molecule has 10 heteroatoms. The number of carbonyl (C=O) groups is 3. The van der Waals surface area contributed by atoms with Crippen LogP contribution >= 0.6 is 0 Å². The predicted molar refractivity (Wildman–Crippen MR) is 116 cm³/mol. The number of aromatic carboxylic acids is 1. The number of hydrogen-bond donors (Lipinski definition) is 2. The normalized spacial score (nSPS) is 19.2. The molecule has 0 unspecified atom stereocenters. The van der Waals surface area contributed by atoms with Gasteiger partial charge in [-0.25, -0.2) is 4.79 Å². The highest BCUT2D eigenvalue weighted by Gasteiger charge is 2.37. The average Bonchev–Trinajstić information content (AvgIpc) is 3.08. The molecule has 2 saturated heterocycles. The van der Waals surface area contributed by atoms with Gasteiger partial charge in [-0.3, -0.25) is 19.4 Å². The smallest absolute Gasteiger partial charge is 0.352 e. The van der Waals surface area contributed by atoms with E-state index in [0.29, 0.717) is 75.5 Å². The van der Waals surface area contributed by atoms with Gasteiger partial charge in [0.15, 0.2) is 0 Å². The van der Waals surface area contributed by atoms with Crippen LogP contribution in [-0.2, 0) is 21.4 Å². The highest BCUT2D eigenvalue weighted by atomic mass is 16.5. The monoisotopic (exact) mass is 444 g/mol. The van der Waals surface area contributed by atoms with Gasteiger partial charge in [0.2, 0.25) is 5.91 Å². The molecule has 2 fully saturated rings. The maximum Gasteiger partial charge on any atom is 0.352 e. The Morgan fingerprint density at radius 2 is 1.66 bits per heavy atom. The number of carbonyl (C=O) groups excluding carboxylic acids is 1. The first kappa shape index (κ1) is 22.3. The lowest BCUT2D eigenvalue weighted by Gasteiger charge is -2.38. The fourth-order valence-corrected chi connectivity index (χ4v) is 4.70. The fourth-order valence-electron chi connectivity index (χ4n) is 4.70. The third kappa shape index (κ3) is 4.21. The Labute approximate surface area is 185 Å². The summed E-state index contributed by atoms with van der Waals surface area (Å²) in [6.07, 6.45) is 0. The second-order valence-corrected chi connectivity index (χ2v) is 8.19. The summed E-state index contributed by atoms with van der Waals surface area (Å²) in [6.45, 7) is 4.51. The maximum atomic E-state index is 12.5. The summed E-state index contributed by atoms with van der Waals surface area (Å²) in [4.78, 5) is 42.6. The van der Waals surface area contributed by atoms with Crippen LogP contribution in [0.15, 0.2) is 24.3 Å². The molecule has 32 heavy (non-hydrogen) atoms. The molecule has 10 nitrogen and oxygen atoms in total. The Balaban J connectivity index is 1.53. The molecule has 1 aromatic heterocycles. The first-order valence-electron chi connectivity index (χ1n) is 10.7. The van der Waals surface area contributed by atoms with Gasteiger partial charge >= 0.3 is 11.9 Å². The molecular formula is C22H28N4O6. The van der Waals surface area contributed by atoms with Crippen molar-refractivity contribution in [2.45, 2.75) is 6.04 Å². The number of piperazine rings is 1. The minimum atomic E-state index is -1.15. The summed E-state index contributed by atoms with van der Waals surface area (Å²) < 4.78 is 6.83. The van der Waals surface area contributed by atoms with E-state index >= 15 is 0 Å². The van der Waals surface area contributed by atoms with Crippen LogP contribution in [-0.4, -0.2) is 106 Å². The quantitative estimate of drug-likeness (QED) is 0.661. The first-order valence-corrected chi connectivity index (χ1v) is 10.7. The number of nitrogens with zero attached hydrogens (tertiary/aromatic N) is 4. The number of hydrogen-bond acceptors (Lipinski definition) is 6. The molecule has 1 aromatic carbocycles. The zero-order valence-corrected chi connectivity index (χ0v) is 18.1. The van der Waals surface area contributed by atoms with Crippen LogP contribution in [0.1, 0.15) is 22.1 Å². The van der Waals surface area contributed by atoms with Gasteiger partial charge in [0.05, 0.1) is 19.8 Å². The van der Waals surface area contributed by atoms with Gasteiger partial charge in [0, 0.05) is 62.8 Å². The lowest BCUT2D eigenvalue weighted by Crippen LogP contribution is -2.53. The molecule has 3 heterocycles. The number of amides is 1. The van der Waals surface area contributed by atoms with Gasteiger partial charge in [0.25, 0.3) is 0 Å². The molecule has 172 valence electrons. The summed E-state index contributed by atoms with van der Waals surface area (Å²) in [5, 5.41) is 20.6. The van der Waals surface area contributed by atoms with E-state index in [1.807, 2.05) is 4.90 Å². The number of benzene rings is 1. The van der Waals surface area contributed by atoms with Crippen LogP contribution in [0.3, 0.4) is 0 Å². The summed E-state index contributed by atoms with van der Waals surface area (Å²) in [5.41, 5.74) is 0.977. The van der Waals surface area contributed by atoms with Crippen molar-refractivity contribution in [3.05, 3.63) is 35.5 Å². The molecule has 4 rings (SSSR count). The van der Waals surface area contributed by atoms with Gasteiger partial charge in [-0.15, -0.1) is 0 Å². The van der Waals surface area contributed by atoms with Crippen molar-refractivity contribution in [3.63, 3.8) is 0 Å². The molecule has 0 bridgehead atoms. The average molecular weight is 444 g/mol. The number of carboxylic acids is 2. The van der Waals surface area contributed by atoms with Crippen LogP contribution in [0, 0.1) is 0 Å². The van der Waals surface area contributed by atoms with E-state index in [1.54, 1.807) is 45.7 Å². The molecule has 2 aliphatic heterocycles. The van der Waals surface area contributed by atoms with Crippen LogP contribution < -0.4 is 0 Å². The molecular weight excluding hydrogens is 416 g/mol. The standard InChI is InChI=1S/C22H28N4O6/c1-23-16-5-3-2-4-15(16)18(19(23)21(28)29)20(22(30)31)26-8-6-24(7-9-26)14-17(27)25-10-12-32-13-11-25/h2-5,20H,6-14H2,1H3,(H,28,29)(H,30,31)/t20-/m1/s1. The van der Waals surface area contributed by atoms with E-state index < -0.39 is 18.0 Å². The van der Waals surface area contributed by atoms with E-state index in [2.05, 4.69) is 0 Å². The minimum Gasteiger partial charge on any atom is -0.480 e. The van der Waals surface area contributed by atoms with Crippen molar-refractivity contribution < 1.29 is 29.3 Å². The molecule has 1 amide bonds. The van der Waals surface area contributed by atoms with Crippen LogP contribution in [0.4, 0.5) is 0 Å². The number of fused-ring (bicyclic) bond motifs is 1. The number of carboxylic acid groups (broad SMARTS) is 2. The lowest BCUT2D eigenvalue weighted by molar-refractivity contribution is -0.145. The van der Waals surface area contributed by atoms with E-state index in [4.69, 9.17) is 4.74 Å². The zero-order valence-electron chi connectivity index (χ0n) is 18.1. The number of rotatable bonds is 6. The van der Waals surface area contributed by atoms with Gasteiger partial charge in [0.1, 0.15) is 11.7 Å².